The van der Waals surface area contributed by atoms with Crippen LogP contribution in [0.15, 0.2) is 24.3 Å². The number of nitrogens with two attached hydrogens (primary N) is 1. The van der Waals surface area contributed by atoms with Gasteiger partial charge in [-0.1, -0.05) is 33.3 Å². The molecule has 5 aliphatic heterocycles. The highest BCUT2D eigenvalue weighted by Crippen LogP contribution is 2.47. The Morgan fingerprint density at radius 2 is 1.29 bits per heavy atom. The van der Waals surface area contributed by atoms with Crippen molar-refractivity contribution in [3.05, 3.63) is 35.4 Å². The molecule has 2 bridgehead atoms. The highest BCUT2D eigenvalue weighted by atomic mass is 32.2. The van der Waals surface area contributed by atoms with E-state index >= 15 is 9.00 Å². The zero-order valence-corrected chi connectivity index (χ0v) is 67.3. The summed E-state index contributed by atoms with van der Waals surface area (Å²) in [4.78, 5) is 178. The van der Waals surface area contributed by atoms with Gasteiger partial charge in [-0.05, 0) is 55.4 Å². The molecule has 3 fully saturated rings. The zero-order chi connectivity index (χ0) is 82.9. The lowest BCUT2D eigenvalue weighted by Crippen LogP contribution is -2.60. The van der Waals surface area contributed by atoms with E-state index in [0.717, 1.165) is 9.80 Å². The van der Waals surface area contributed by atoms with E-state index in [0.29, 0.717) is 146 Å². The minimum atomic E-state index is -2.30. The molecule has 13 N–H and O–H groups in total. The molecular weight excluding hydrogens is 1540 g/mol. The summed E-state index contributed by atoms with van der Waals surface area (Å²) in [7, 11) is -0.842. The maximum atomic E-state index is 15.5. The Kier molecular flexibility index (Phi) is 43.5. The summed E-state index contributed by atoms with van der Waals surface area (Å²) in [5, 5.41) is 52.9. The molecule has 0 aromatic heterocycles. The van der Waals surface area contributed by atoms with Gasteiger partial charge in [-0.2, -0.15) is 11.8 Å². The van der Waals surface area contributed by atoms with Crippen molar-refractivity contribution in [2.75, 3.05) is 176 Å². The zero-order valence-electron chi connectivity index (χ0n) is 65.6. The van der Waals surface area contributed by atoms with Crippen LogP contribution in [0.1, 0.15) is 115 Å². The maximum absolute atomic E-state index is 15.5. The molecule has 6 rings (SSSR count). The summed E-state index contributed by atoms with van der Waals surface area (Å²) in [5.41, 5.74) is 7.20. The number of rotatable bonds is 45. The number of carbonyl (C=O) groups is 13. The van der Waals surface area contributed by atoms with E-state index in [1.165, 1.54) is 37.9 Å². The van der Waals surface area contributed by atoms with Crippen LogP contribution < -0.4 is 53.0 Å². The molecule has 5 heterocycles. The van der Waals surface area contributed by atoms with Gasteiger partial charge in [-0.15, -0.1) is 0 Å². The number of nitrogens with one attached hydrogen (secondary N) is 8. The first-order valence-electron chi connectivity index (χ1n) is 39.0. The summed E-state index contributed by atoms with van der Waals surface area (Å²) in [5.74, 6) is -13.0. The van der Waals surface area contributed by atoms with E-state index < -0.39 is 192 Å². The van der Waals surface area contributed by atoms with Crippen molar-refractivity contribution in [2.45, 2.75) is 151 Å². The lowest BCUT2D eigenvalue weighted by Gasteiger charge is -2.33. The van der Waals surface area contributed by atoms with Crippen LogP contribution in [-0.4, -0.2) is 318 Å². The summed E-state index contributed by atoms with van der Waals surface area (Å²) < 4.78 is 65.6. The van der Waals surface area contributed by atoms with Crippen LogP contribution in [0.5, 0.6) is 5.75 Å². The quantitative estimate of drug-likeness (QED) is 0.0233. The fourth-order valence-corrected chi connectivity index (χ4v) is 16.1. The first kappa shape index (κ1) is 95.2. The van der Waals surface area contributed by atoms with Crippen molar-refractivity contribution < 1.29 is 124 Å². The molecule has 1 aromatic rings. The first-order valence-corrected chi connectivity index (χ1v) is 41.5. The molecule has 0 radical (unpaired) electrons. The Balaban J connectivity index is 0.964. The third-order valence-corrected chi connectivity index (χ3v) is 22.7. The van der Waals surface area contributed by atoms with Gasteiger partial charge >= 0.3 is 0 Å². The molecule has 37 nitrogen and oxygen atoms in total. The molecule has 1 aromatic carbocycles. The van der Waals surface area contributed by atoms with E-state index in [9.17, 15) is 72.9 Å². The molecule has 13 atom stereocenters. The highest BCUT2D eigenvalue weighted by molar-refractivity contribution is 7.98. The van der Waals surface area contributed by atoms with Crippen LogP contribution in [0.2, 0.25) is 0 Å². The van der Waals surface area contributed by atoms with Crippen LogP contribution in [0.25, 0.3) is 0 Å². The van der Waals surface area contributed by atoms with Crippen LogP contribution in [0.3, 0.4) is 0 Å². The van der Waals surface area contributed by atoms with E-state index in [4.69, 9.17) is 48.4 Å². The lowest BCUT2D eigenvalue weighted by molar-refractivity contribution is -0.144. The number of thioether (sulfide) groups is 1. The number of anilines is 1. The number of unbranched alkanes of at least 4 members (excludes halogenated alkanes) is 1. The van der Waals surface area contributed by atoms with Crippen LogP contribution in [0.4, 0.5) is 5.69 Å². The standard InChI is InChI=1S/C75H117N11O26S2/c1-5-47(2)52-10-8-9-50(88)41-79-70(98)49-37-54-53-11-12-61(104-4)55(45-113-36-7-6-17-77-64(94)16-20-105-22-24-107-26-28-109-30-32-111-34-35-112-33-31-110-29-27-108-25-23-106-21-18-78-63(93)15-19-85-66(96)13-14-67(85)97)69(53)84-74(54)114(103)46-57(81-65(95)42-80-71(52)99)72(100)82-56(40-62(76)92)75(102)86-43-51(89)39-58(86)73(101)83-68(59(90)38-49)48(3)60(91)44-87/h11-14,47-49,51-52,54,56-58,60,68,74,84,87,89,91H,5-10,15-46H2,1-4H3,(H2,76,92)(H,77,94)(H,78,93)(H,79,98)(H,80,99)(H,81,95)(H,82,100)(H,83,101)/t47-,48-,49+,51+,52-,54?,56-,57+,58-,60-,68-,74?,114?/m0/s1. The van der Waals surface area contributed by atoms with Gasteiger partial charge in [0.2, 0.25) is 53.2 Å². The normalized spacial score (nSPS) is 23.7. The van der Waals surface area contributed by atoms with Crippen LogP contribution in [0, 0.1) is 23.7 Å². The summed E-state index contributed by atoms with van der Waals surface area (Å²) in [6.45, 7) is 8.73. The monoisotopic (exact) mass is 1650 g/mol. The van der Waals surface area contributed by atoms with Gasteiger partial charge in [0.1, 0.15) is 29.2 Å². The molecule has 0 spiro atoms. The summed E-state index contributed by atoms with van der Waals surface area (Å²) in [6.07, 6.45) is -0.513. The Morgan fingerprint density at radius 3 is 1.89 bits per heavy atom. The number of hydrogen-bond acceptors (Lipinski definition) is 28. The first-order chi connectivity index (χ1) is 54.8. The second-order valence-electron chi connectivity index (χ2n) is 28.3. The number of fused-ring (bicyclic) bond motifs is 5. The van der Waals surface area contributed by atoms with Gasteiger partial charge < -0.3 is 111 Å². The SMILES string of the molecule is CC[C@H](C)[C@@H]1CCCC(=O)CNC(=O)[C@H]2CC(=O)[C@H]([C@@H](C)[C@@H](O)CO)NC(=O)[C@@H]3C[C@@H](O)CN3C(=O)[C@H](CC(N)=O)NC(=O)[C@@H](CS(=O)C3Nc4c(ccc(OC)c4CSCCCCNC(=O)CCOCCOCCOCCOCCOCCOCCOCCOCCNC(=O)CCN4C(=O)C=CC4=O)C3C2)NC(=O)CNC1=O. The molecule has 3 unspecified atom stereocenters. The molecule has 39 heteroatoms. The lowest BCUT2D eigenvalue weighted by atomic mass is 9.82. The average Bonchev–Trinajstić information content (AvgIpc) is 1.61. The van der Waals surface area contributed by atoms with E-state index in [1.54, 1.807) is 12.1 Å². The number of amides is 11. The van der Waals surface area contributed by atoms with Crippen molar-refractivity contribution in [1.82, 2.24) is 47.0 Å². The molecule has 3 saturated heterocycles. The third kappa shape index (κ3) is 32.4. The Hall–Kier alpha value is -7.67. The number of aliphatic hydroxyl groups is 3. The minimum absolute atomic E-state index is 0.0155. The molecule has 114 heavy (non-hydrogen) atoms. The number of carbonyl (C=O) groups excluding carboxylic acids is 13. The van der Waals surface area contributed by atoms with Gasteiger partial charge in [0, 0.05) is 122 Å². The van der Waals surface area contributed by atoms with Gasteiger partial charge in [0.15, 0.2) is 11.6 Å². The van der Waals surface area contributed by atoms with Crippen molar-refractivity contribution in [2.24, 2.45) is 29.4 Å². The smallest absolute Gasteiger partial charge is 0.253 e. The van der Waals surface area contributed by atoms with Crippen molar-refractivity contribution in [3.8, 4) is 5.75 Å². The maximum Gasteiger partial charge on any atom is 0.253 e. The highest BCUT2D eigenvalue weighted by Gasteiger charge is 2.47. The number of Topliss-reactive ketones (excluding diaryl/α,β-unsaturated/α-hetero) is 2. The van der Waals surface area contributed by atoms with E-state index in [-0.39, 0.29) is 89.2 Å². The molecule has 5 aliphatic rings. The van der Waals surface area contributed by atoms with Gasteiger partial charge in [-0.3, -0.25) is 71.4 Å². The Bertz CT molecular complexity index is 3380. The van der Waals surface area contributed by atoms with Crippen molar-refractivity contribution in [1.29, 1.82) is 0 Å². The van der Waals surface area contributed by atoms with Crippen LogP contribution >= 0.6 is 11.8 Å². The summed E-state index contributed by atoms with van der Waals surface area (Å²) in [6, 6.07) is -3.49. The van der Waals surface area contributed by atoms with Gasteiger partial charge in [0.05, 0.1) is 163 Å². The molecule has 0 saturated carbocycles. The molecule has 0 aliphatic carbocycles. The topological polar surface area (TPSA) is 511 Å². The third-order valence-electron chi connectivity index (χ3n) is 20.0. The average molecular weight is 1650 g/mol. The second-order valence-corrected chi connectivity index (χ2v) is 31.0. The van der Waals surface area contributed by atoms with E-state index in [1.807, 2.05) is 13.8 Å². The number of ketones is 2. The largest absolute Gasteiger partial charge is 0.496 e. The summed E-state index contributed by atoms with van der Waals surface area (Å²) >= 11 is 1.52. The predicted molar refractivity (Wildman–Crippen MR) is 413 cm³/mol. The Morgan fingerprint density at radius 1 is 0.702 bits per heavy atom. The van der Waals surface area contributed by atoms with Gasteiger partial charge in [0.25, 0.3) is 11.8 Å². The number of benzene rings is 1. The Labute approximate surface area is 670 Å². The van der Waals surface area contributed by atoms with Gasteiger partial charge in [-0.25, -0.2) is 0 Å². The van der Waals surface area contributed by atoms with Crippen molar-refractivity contribution in [3.63, 3.8) is 0 Å². The molecule has 640 valence electrons. The number of nitrogens with zero attached hydrogens (tertiary/aromatic N) is 2. The number of ether oxygens (including phenoxy) is 9. The second kappa shape index (κ2) is 52.1. The number of imide groups is 1. The fourth-order valence-electron chi connectivity index (χ4n) is 13.4. The number of primary amides is 1. The van der Waals surface area contributed by atoms with Crippen molar-refractivity contribution >= 4 is 105 Å². The molecular formula is C75H117N11O26S2. The minimum Gasteiger partial charge on any atom is -0.496 e. The van der Waals surface area contributed by atoms with Crippen LogP contribution in [-0.2, 0) is 117 Å². The number of hydrogen-bond donors (Lipinski definition) is 12. The number of methoxy groups -OCH3 is 1. The molecule has 11 amide bonds. The fraction of sp³-hybridized carbons (Fsp3) is 0.720. The predicted octanol–water partition coefficient (Wildman–Crippen LogP) is -2.73. The number of aliphatic hydroxyl groups excluding tert-OH is 3. The van der Waals surface area contributed by atoms with E-state index in [2.05, 4.69) is 42.5 Å².